The van der Waals surface area contributed by atoms with E-state index in [0.717, 1.165) is 55.2 Å². The molecule has 1 rings (SSSR count). The van der Waals surface area contributed by atoms with E-state index in [4.69, 9.17) is 0 Å². The molecule has 0 saturated carbocycles. The number of nitro groups is 1. The molecule has 0 atom stereocenters. The molecule has 0 saturated heterocycles. The average Bonchev–Trinajstić information content (AvgIpc) is 2.32. The molecule has 0 heterocycles. The molecule has 0 aliphatic heterocycles. The zero-order valence-electron chi connectivity index (χ0n) is 11.7. The Morgan fingerprint density at radius 2 is 1.50 bits per heavy atom. The van der Waals surface area contributed by atoms with Crippen LogP contribution in [0.25, 0.3) is 0 Å². The molecular weight excluding hydrogens is 226 g/mol. The molecule has 1 aromatic rings. The molecule has 0 unspecified atom stereocenters. The van der Waals surface area contributed by atoms with Crippen molar-refractivity contribution in [2.45, 2.75) is 59.3 Å². The lowest BCUT2D eigenvalue weighted by atomic mass is 9.96. The topological polar surface area (TPSA) is 43.1 Å². The Hall–Kier alpha value is -1.38. The van der Waals surface area contributed by atoms with Gasteiger partial charge in [-0.05, 0) is 44.7 Å². The number of rotatable bonds is 7. The molecule has 3 nitrogen and oxygen atoms in total. The summed E-state index contributed by atoms with van der Waals surface area (Å²) in [6, 6.07) is 3.95. The Bertz CT molecular complexity index is 384. The van der Waals surface area contributed by atoms with E-state index in [-0.39, 0.29) is 4.92 Å². The Balaban J connectivity index is 3.13. The third-order valence-electron chi connectivity index (χ3n) is 3.19. The minimum Gasteiger partial charge on any atom is -0.258 e. The van der Waals surface area contributed by atoms with Gasteiger partial charge >= 0.3 is 0 Å². The number of nitrogens with zero attached hydrogens (tertiary/aromatic N) is 1. The molecule has 0 aromatic heterocycles. The second-order valence-electron chi connectivity index (χ2n) is 4.90. The van der Waals surface area contributed by atoms with Crippen LogP contribution in [0.2, 0.25) is 0 Å². The normalized spacial score (nSPS) is 10.6. The maximum atomic E-state index is 11.3. The van der Waals surface area contributed by atoms with Crippen molar-refractivity contribution >= 4 is 5.69 Å². The minimum absolute atomic E-state index is 0.199. The van der Waals surface area contributed by atoms with E-state index in [2.05, 4.69) is 13.8 Å². The Morgan fingerprint density at radius 1 is 1.06 bits per heavy atom. The summed E-state index contributed by atoms with van der Waals surface area (Å²) < 4.78 is 0. The number of unbranched alkanes of at least 4 members (excludes halogenated alkanes) is 2. The summed E-state index contributed by atoms with van der Waals surface area (Å²) in [5, 5.41) is 11.3. The third kappa shape index (κ3) is 3.83. The summed E-state index contributed by atoms with van der Waals surface area (Å²) in [4.78, 5) is 11.1. The van der Waals surface area contributed by atoms with Gasteiger partial charge in [0.2, 0.25) is 0 Å². The molecule has 0 spiro atoms. The first-order valence-corrected chi connectivity index (χ1v) is 6.86. The summed E-state index contributed by atoms with van der Waals surface area (Å²) in [5.41, 5.74) is 3.32. The highest BCUT2D eigenvalue weighted by Gasteiger charge is 2.19. The standard InChI is InChI=1S/C15H23NO2/c1-4-6-8-13-10-12(3)11-14(9-7-5-2)15(13)16(17)18/h10-11H,4-9H2,1-3H3. The number of nitro benzene ring substituents is 1. The summed E-state index contributed by atoms with van der Waals surface area (Å²) in [6.45, 7) is 6.24. The maximum absolute atomic E-state index is 11.3. The summed E-state index contributed by atoms with van der Waals surface area (Å²) in [6.07, 6.45) is 5.78. The molecule has 100 valence electrons. The predicted molar refractivity (Wildman–Crippen MR) is 75.1 cm³/mol. The van der Waals surface area contributed by atoms with Crippen molar-refractivity contribution in [3.63, 3.8) is 0 Å². The third-order valence-corrected chi connectivity index (χ3v) is 3.19. The lowest BCUT2D eigenvalue weighted by Gasteiger charge is -2.09. The lowest BCUT2D eigenvalue weighted by molar-refractivity contribution is -0.386. The number of benzene rings is 1. The molecule has 0 fully saturated rings. The van der Waals surface area contributed by atoms with Crippen LogP contribution in [-0.2, 0) is 12.8 Å². The van der Waals surface area contributed by atoms with E-state index in [1.165, 1.54) is 0 Å². The van der Waals surface area contributed by atoms with Gasteiger partial charge in [-0.1, -0.05) is 32.3 Å². The largest absolute Gasteiger partial charge is 0.275 e. The highest BCUT2D eigenvalue weighted by molar-refractivity contribution is 5.50. The lowest BCUT2D eigenvalue weighted by Crippen LogP contribution is -2.02. The van der Waals surface area contributed by atoms with Crippen LogP contribution in [0.5, 0.6) is 0 Å². The van der Waals surface area contributed by atoms with Crippen LogP contribution >= 0.6 is 0 Å². The Kier molecular flexibility index (Phi) is 5.83. The SMILES string of the molecule is CCCCc1cc(C)cc(CCCC)c1[N+](=O)[O-]. The van der Waals surface area contributed by atoms with Crippen LogP contribution in [0.3, 0.4) is 0 Å². The molecule has 18 heavy (non-hydrogen) atoms. The zero-order chi connectivity index (χ0) is 13.5. The van der Waals surface area contributed by atoms with Crippen LogP contribution in [0.15, 0.2) is 12.1 Å². The summed E-state index contributed by atoms with van der Waals surface area (Å²) in [7, 11) is 0. The van der Waals surface area contributed by atoms with E-state index in [0.29, 0.717) is 5.69 Å². The minimum atomic E-state index is -0.199. The van der Waals surface area contributed by atoms with Crippen LogP contribution < -0.4 is 0 Å². The molecule has 0 aliphatic carbocycles. The first-order chi connectivity index (χ1) is 8.60. The van der Waals surface area contributed by atoms with Gasteiger partial charge in [-0.2, -0.15) is 0 Å². The van der Waals surface area contributed by atoms with Gasteiger partial charge in [0.15, 0.2) is 0 Å². The predicted octanol–water partition coefficient (Wildman–Crippen LogP) is 4.59. The van der Waals surface area contributed by atoms with Crippen LogP contribution in [-0.4, -0.2) is 4.92 Å². The fraction of sp³-hybridized carbons (Fsp3) is 0.600. The van der Waals surface area contributed by atoms with E-state index in [9.17, 15) is 10.1 Å². The van der Waals surface area contributed by atoms with Gasteiger partial charge in [0.05, 0.1) is 4.92 Å². The summed E-state index contributed by atoms with van der Waals surface area (Å²) >= 11 is 0. The van der Waals surface area contributed by atoms with Crippen molar-refractivity contribution < 1.29 is 4.92 Å². The molecule has 0 amide bonds. The highest BCUT2D eigenvalue weighted by Crippen LogP contribution is 2.28. The fourth-order valence-electron chi connectivity index (χ4n) is 2.28. The Morgan fingerprint density at radius 3 is 1.83 bits per heavy atom. The monoisotopic (exact) mass is 249 g/mol. The van der Waals surface area contributed by atoms with Crippen LogP contribution in [0, 0.1) is 17.0 Å². The van der Waals surface area contributed by atoms with Crippen molar-refractivity contribution in [1.29, 1.82) is 0 Å². The number of hydrogen-bond acceptors (Lipinski definition) is 2. The van der Waals surface area contributed by atoms with Gasteiger partial charge in [0.25, 0.3) is 5.69 Å². The molecule has 0 aliphatic rings. The van der Waals surface area contributed by atoms with E-state index in [1.807, 2.05) is 19.1 Å². The van der Waals surface area contributed by atoms with E-state index in [1.54, 1.807) is 0 Å². The van der Waals surface area contributed by atoms with Crippen LogP contribution in [0.4, 0.5) is 5.69 Å². The van der Waals surface area contributed by atoms with Crippen molar-refractivity contribution in [2.24, 2.45) is 0 Å². The first kappa shape index (κ1) is 14.7. The van der Waals surface area contributed by atoms with Gasteiger partial charge in [-0.3, -0.25) is 10.1 Å². The maximum Gasteiger partial charge on any atom is 0.275 e. The quantitative estimate of drug-likeness (QED) is 0.524. The average molecular weight is 249 g/mol. The van der Waals surface area contributed by atoms with E-state index < -0.39 is 0 Å². The highest BCUT2D eigenvalue weighted by atomic mass is 16.6. The van der Waals surface area contributed by atoms with Gasteiger partial charge in [0.1, 0.15) is 0 Å². The first-order valence-electron chi connectivity index (χ1n) is 6.86. The molecular formula is C15H23NO2. The van der Waals surface area contributed by atoms with Gasteiger partial charge in [-0.15, -0.1) is 0 Å². The Labute approximate surface area is 109 Å². The van der Waals surface area contributed by atoms with Crippen molar-refractivity contribution in [1.82, 2.24) is 0 Å². The molecule has 3 heteroatoms. The van der Waals surface area contributed by atoms with Crippen molar-refractivity contribution in [2.75, 3.05) is 0 Å². The molecule has 0 radical (unpaired) electrons. The second-order valence-corrected chi connectivity index (χ2v) is 4.90. The van der Waals surface area contributed by atoms with Gasteiger partial charge < -0.3 is 0 Å². The molecule has 0 bridgehead atoms. The van der Waals surface area contributed by atoms with E-state index >= 15 is 0 Å². The number of aryl methyl sites for hydroxylation is 3. The van der Waals surface area contributed by atoms with Gasteiger partial charge in [0, 0.05) is 11.1 Å². The smallest absolute Gasteiger partial charge is 0.258 e. The van der Waals surface area contributed by atoms with Gasteiger partial charge in [-0.25, -0.2) is 0 Å². The molecule has 1 aromatic carbocycles. The van der Waals surface area contributed by atoms with Crippen molar-refractivity contribution in [3.05, 3.63) is 38.9 Å². The second kappa shape index (κ2) is 7.14. The van der Waals surface area contributed by atoms with Crippen molar-refractivity contribution in [3.8, 4) is 0 Å². The zero-order valence-corrected chi connectivity index (χ0v) is 11.7. The number of hydrogen-bond donors (Lipinski definition) is 0. The summed E-state index contributed by atoms with van der Waals surface area (Å²) in [5.74, 6) is 0. The van der Waals surface area contributed by atoms with Crippen LogP contribution in [0.1, 0.15) is 56.2 Å². The fourth-order valence-corrected chi connectivity index (χ4v) is 2.28. The molecule has 0 N–H and O–H groups in total.